The molecule has 1 aliphatic carbocycles. The molecule has 2 atom stereocenters. The second-order valence-electron chi connectivity index (χ2n) is 5.23. The van der Waals surface area contributed by atoms with Gasteiger partial charge in [0, 0.05) is 6.54 Å². The minimum absolute atomic E-state index is 0.897. The fraction of sp³-hybridized carbons (Fsp3) is 0.846. The van der Waals surface area contributed by atoms with Crippen molar-refractivity contribution in [2.75, 3.05) is 33.2 Å². The number of rotatable bonds is 4. The van der Waals surface area contributed by atoms with Gasteiger partial charge in [-0.25, -0.2) is 0 Å². The second-order valence-corrected chi connectivity index (χ2v) is 5.23. The first kappa shape index (κ1) is 11.2. The van der Waals surface area contributed by atoms with E-state index >= 15 is 0 Å². The summed E-state index contributed by atoms with van der Waals surface area (Å²) in [6.07, 6.45) is 10.0. The predicted molar refractivity (Wildman–Crippen MR) is 65.0 cm³/mol. The first-order valence-electron chi connectivity index (χ1n) is 6.39. The third kappa shape index (κ3) is 3.62. The van der Waals surface area contributed by atoms with Gasteiger partial charge in [0.1, 0.15) is 0 Å². The normalized spacial score (nSPS) is 32.3. The molecule has 0 amide bonds. The summed E-state index contributed by atoms with van der Waals surface area (Å²) in [7, 11) is 2.23. The molecule has 1 saturated heterocycles. The van der Waals surface area contributed by atoms with E-state index in [1.165, 1.54) is 51.9 Å². The summed E-state index contributed by atoms with van der Waals surface area (Å²) in [6.45, 7) is 5.03. The summed E-state index contributed by atoms with van der Waals surface area (Å²) in [5.41, 5.74) is 0. The predicted octanol–water partition coefficient (Wildman–Crippen LogP) is 1.88. The van der Waals surface area contributed by atoms with Gasteiger partial charge in [-0.1, -0.05) is 12.2 Å². The van der Waals surface area contributed by atoms with E-state index in [0.29, 0.717) is 0 Å². The van der Waals surface area contributed by atoms with E-state index in [9.17, 15) is 0 Å². The second kappa shape index (κ2) is 5.66. The minimum Gasteiger partial charge on any atom is -0.316 e. The van der Waals surface area contributed by atoms with E-state index in [4.69, 9.17) is 0 Å². The Kier molecular flexibility index (Phi) is 4.21. The molecule has 2 heteroatoms. The number of hydrogen-bond acceptors (Lipinski definition) is 2. The number of allylic oxidation sites excluding steroid dienone is 2. The summed E-state index contributed by atoms with van der Waals surface area (Å²) in [4.78, 5) is 2.44. The first-order chi connectivity index (χ1) is 7.34. The molecule has 0 bridgehead atoms. The van der Waals surface area contributed by atoms with Crippen LogP contribution in [0.15, 0.2) is 12.2 Å². The van der Waals surface area contributed by atoms with Crippen molar-refractivity contribution in [3.8, 4) is 0 Å². The Morgan fingerprint density at radius 3 is 2.73 bits per heavy atom. The maximum absolute atomic E-state index is 3.66. The van der Waals surface area contributed by atoms with Crippen molar-refractivity contribution in [3.05, 3.63) is 12.2 Å². The molecular weight excluding hydrogens is 184 g/mol. The van der Waals surface area contributed by atoms with Crippen molar-refractivity contribution in [1.82, 2.24) is 10.2 Å². The molecular formula is C13H24N2. The monoisotopic (exact) mass is 208 g/mol. The van der Waals surface area contributed by atoms with Gasteiger partial charge in [-0.15, -0.1) is 0 Å². The van der Waals surface area contributed by atoms with Crippen molar-refractivity contribution < 1.29 is 0 Å². The van der Waals surface area contributed by atoms with Crippen LogP contribution in [0.1, 0.15) is 25.7 Å². The zero-order chi connectivity index (χ0) is 10.5. The Bertz CT molecular complexity index is 213. The zero-order valence-electron chi connectivity index (χ0n) is 9.91. The topological polar surface area (TPSA) is 15.3 Å². The van der Waals surface area contributed by atoms with Gasteiger partial charge in [0.05, 0.1) is 0 Å². The molecule has 2 rings (SSSR count). The molecule has 0 aromatic carbocycles. The molecule has 86 valence electrons. The van der Waals surface area contributed by atoms with Gasteiger partial charge in [-0.3, -0.25) is 0 Å². The Morgan fingerprint density at radius 1 is 1.20 bits per heavy atom. The standard InChI is InChI=1S/C13H24N2/c1-15-8-7-13(11-15)10-14-9-12-5-3-2-4-6-12/h2-3,12-14H,4-11H2,1H3. The highest BCUT2D eigenvalue weighted by Crippen LogP contribution is 2.17. The summed E-state index contributed by atoms with van der Waals surface area (Å²) >= 11 is 0. The van der Waals surface area contributed by atoms with Gasteiger partial charge in [0.2, 0.25) is 0 Å². The summed E-state index contributed by atoms with van der Waals surface area (Å²) in [5.74, 6) is 1.79. The van der Waals surface area contributed by atoms with Crippen LogP contribution >= 0.6 is 0 Å². The third-order valence-electron chi connectivity index (χ3n) is 3.73. The molecule has 1 aliphatic heterocycles. The lowest BCUT2D eigenvalue weighted by atomic mass is 9.94. The molecule has 1 heterocycles. The van der Waals surface area contributed by atoms with Crippen LogP contribution < -0.4 is 5.32 Å². The first-order valence-corrected chi connectivity index (χ1v) is 6.39. The lowest BCUT2D eigenvalue weighted by molar-refractivity contribution is 0.375. The highest BCUT2D eigenvalue weighted by molar-refractivity contribution is 4.90. The van der Waals surface area contributed by atoms with E-state index < -0.39 is 0 Å². The Hall–Kier alpha value is -0.340. The number of nitrogens with zero attached hydrogens (tertiary/aromatic N) is 1. The van der Waals surface area contributed by atoms with Crippen LogP contribution in [-0.4, -0.2) is 38.1 Å². The van der Waals surface area contributed by atoms with E-state index in [2.05, 4.69) is 29.4 Å². The highest BCUT2D eigenvalue weighted by Gasteiger charge is 2.19. The SMILES string of the molecule is CN1CCC(CNCC2CC=CCC2)C1. The number of hydrogen-bond donors (Lipinski definition) is 1. The van der Waals surface area contributed by atoms with Gasteiger partial charge in [0.25, 0.3) is 0 Å². The van der Waals surface area contributed by atoms with Crippen molar-refractivity contribution in [1.29, 1.82) is 0 Å². The molecule has 1 fully saturated rings. The molecule has 0 spiro atoms. The van der Waals surface area contributed by atoms with Gasteiger partial charge in [-0.2, -0.15) is 0 Å². The minimum atomic E-state index is 0.897. The zero-order valence-corrected chi connectivity index (χ0v) is 9.91. The largest absolute Gasteiger partial charge is 0.316 e. The summed E-state index contributed by atoms with van der Waals surface area (Å²) in [6, 6.07) is 0. The van der Waals surface area contributed by atoms with Gasteiger partial charge in [-0.05, 0) is 64.2 Å². The maximum atomic E-state index is 3.66. The fourth-order valence-corrected chi connectivity index (χ4v) is 2.73. The summed E-state index contributed by atoms with van der Waals surface area (Å²) < 4.78 is 0. The fourth-order valence-electron chi connectivity index (χ4n) is 2.73. The maximum Gasteiger partial charge on any atom is 0.00192 e. The summed E-state index contributed by atoms with van der Waals surface area (Å²) in [5, 5.41) is 3.66. The molecule has 2 nitrogen and oxygen atoms in total. The molecule has 15 heavy (non-hydrogen) atoms. The third-order valence-corrected chi connectivity index (χ3v) is 3.73. The molecule has 2 aliphatic rings. The number of likely N-dealkylation sites (tertiary alicyclic amines) is 1. The van der Waals surface area contributed by atoms with Crippen LogP contribution in [0.25, 0.3) is 0 Å². The Morgan fingerprint density at radius 2 is 2.07 bits per heavy atom. The van der Waals surface area contributed by atoms with Crippen molar-refractivity contribution in [2.45, 2.75) is 25.7 Å². The smallest absolute Gasteiger partial charge is 0.00192 e. The van der Waals surface area contributed by atoms with Gasteiger partial charge in [0.15, 0.2) is 0 Å². The van der Waals surface area contributed by atoms with Gasteiger partial charge < -0.3 is 10.2 Å². The Balaban J connectivity index is 1.56. The average molecular weight is 208 g/mol. The molecule has 0 aromatic heterocycles. The quantitative estimate of drug-likeness (QED) is 0.710. The van der Waals surface area contributed by atoms with Crippen molar-refractivity contribution >= 4 is 0 Å². The van der Waals surface area contributed by atoms with Crippen LogP contribution in [0.5, 0.6) is 0 Å². The molecule has 0 radical (unpaired) electrons. The Labute approximate surface area is 93.7 Å². The van der Waals surface area contributed by atoms with Crippen LogP contribution in [0.2, 0.25) is 0 Å². The number of nitrogens with one attached hydrogen (secondary N) is 1. The van der Waals surface area contributed by atoms with E-state index in [1.807, 2.05) is 0 Å². The van der Waals surface area contributed by atoms with Crippen LogP contribution in [0.4, 0.5) is 0 Å². The van der Waals surface area contributed by atoms with E-state index in [1.54, 1.807) is 0 Å². The lowest BCUT2D eigenvalue weighted by Crippen LogP contribution is -2.29. The van der Waals surface area contributed by atoms with Crippen molar-refractivity contribution in [3.63, 3.8) is 0 Å². The highest BCUT2D eigenvalue weighted by atomic mass is 15.1. The van der Waals surface area contributed by atoms with Crippen LogP contribution in [0.3, 0.4) is 0 Å². The lowest BCUT2D eigenvalue weighted by Gasteiger charge is -2.19. The molecule has 0 aromatic rings. The van der Waals surface area contributed by atoms with Crippen molar-refractivity contribution in [2.24, 2.45) is 11.8 Å². The molecule has 0 saturated carbocycles. The van der Waals surface area contributed by atoms with Crippen LogP contribution in [0, 0.1) is 11.8 Å². The van der Waals surface area contributed by atoms with E-state index in [-0.39, 0.29) is 0 Å². The van der Waals surface area contributed by atoms with Crippen LogP contribution in [-0.2, 0) is 0 Å². The average Bonchev–Trinajstić information content (AvgIpc) is 2.66. The van der Waals surface area contributed by atoms with E-state index in [0.717, 1.165) is 11.8 Å². The molecule has 1 N–H and O–H groups in total. The molecule has 2 unspecified atom stereocenters. The van der Waals surface area contributed by atoms with Gasteiger partial charge >= 0.3 is 0 Å².